The molecule has 1 unspecified atom stereocenters. The van der Waals surface area contributed by atoms with Crippen LogP contribution in [0.2, 0.25) is 5.02 Å². The number of carbonyl (C=O) groups is 2. The van der Waals surface area contributed by atoms with Gasteiger partial charge in [0.05, 0.1) is 5.69 Å². The fourth-order valence-electron chi connectivity index (χ4n) is 2.50. The van der Waals surface area contributed by atoms with Crippen LogP contribution in [0, 0.1) is 0 Å². The Bertz CT molecular complexity index is 825. The summed E-state index contributed by atoms with van der Waals surface area (Å²) in [5.41, 5.74) is 0.737. The molecule has 3 rings (SSSR count). The molecule has 0 radical (unpaired) electrons. The van der Waals surface area contributed by atoms with Gasteiger partial charge in [0.2, 0.25) is 11.8 Å². The summed E-state index contributed by atoms with van der Waals surface area (Å²) < 4.78 is 5.78. The Morgan fingerprint density at radius 2 is 2.20 bits per heavy atom. The number of benzene rings is 1. The molecule has 6 nitrogen and oxygen atoms in total. The van der Waals surface area contributed by atoms with Crippen molar-refractivity contribution in [2.24, 2.45) is 0 Å². The van der Waals surface area contributed by atoms with Gasteiger partial charge in [0.25, 0.3) is 5.91 Å². The molecule has 1 aliphatic rings. The molecule has 130 valence electrons. The van der Waals surface area contributed by atoms with Crippen LogP contribution in [0.25, 0.3) is 0 Å². The first kappa shape index (κ1) is 17.2. The van der Waals surface area contributed by atoms with Crippen LogP contribution in [-0.2, 0) is 4.79 Å². The highest BCUT2D eigenvalue weighted by atomic mass is 35.5. The second kappa shape index (κ2) is 7.11. The van der Waals surface area contributed by atoms with Crippen LogP contribution in [0.15, 0.2) is 36.5 Å². The van der Waals surface area contributed by atoms with Gasteiger partial charge in [-0.15, -0.1) is 0 Å². The van der Waals surface area contributed by atoms with Crippen LogP contribution in [0.5, 0.6) is 11.6 Å². The summed E-state index contributed by atoms with van der Waals surface area (Å²) in [6.07, 6.45) is 2.35. The Balaban J connectivity index is 2.01. The molecule has 2 amide bonds. The average molecular weight is 360 g/mol. The number of amides is 2. The summed E-state index contributed by atoms with van der Waals surface area (Å²) >= 11 is 6.09. The van der Waals surface area contributed by atoms with Crippen molar-refractivity contribution < 1.29 is 14.3 Å². The maximum absolute atomic E-state index is 13.0. The number of pyridine rings is 1. The lowest BCUT2D eigenvalue weighted by Gasteiger charge is -2.22. The first-order chi connectivity index (χ1) is 12.0. The van der Waals surface area contributed by atoms with Crippen molar-refractivity contribution in [3.63, 3.8) is 0 Å². The monoisotopic (exact) mass is 359 g/mol. The number of hydrogen-bond acceptors (Lipinski definition) is 4. The number of fused-ring (bicyclic) bond motifs is 2. The van der Waals surface area contributed by atoms with Crippen molar-refractivity contribution in [3.05, 3.63) is 47.1 Å². The zero-order valence-corrected chi connectivity index (χ0v) is 14.7. The SMILES string of the molecule is CCC(C)NC(=O)CN1C(=O)c2cccnc2Oc2ccc(Cl)cc21. The molecule has 2 heterocycles. The van der Waals surface area contributed by atoms with Gasteiger partial charge in [0.15, 0.2) is 5.75 Å². The Morgan fingerprint density at radius 1 is 1.40 bits per heavy atom. The molecule has 25 heavy (non-hydrogen) atoms. The summed E-state index contributed by atoms with van der Waals surface area (Å²) in [4.78, 5) is 30.8. The van der Waals surface area contributed by atoms with Crippen molar-refractivity contribution in [2.75, 3.05) is 11.4 Å². The van der Waals surface area contributed by atoms with E-state index in [1.165, 1.54) is 4.90 Å². The molecule has 0 saturated carbocycles. The minimum atomic E-state index is -0.358. The molecule has 2 aromatic rings. The van der Waals surface area contributed by atoms with Gasteiger partial charge in [-0.2, -0.15) is 0 Å². The molecular formula is C18H18ClN3O3. The van der Waals surface area contributed by atoms with Crippen LogP contribution >= 0.6 is 11.6 Å². The molecule has 0 aliphatic carbocycles. The Morgan fingerprint density at radius 3 is 2.96 bits per heavy atom. The maximum Gasteiger partial charge on any atom is 0.264 e. The Kier molecular flexibility index (Phi) is 4.90. The van der Waals surface area contributed by atoms with E-state index < -0.39 is 0 Å². The molecule has 0 saturated heterocycles. The van der Waals surface area contributed by atoms with Crippen molar-refractivity contribution in [3.8, 4) is 11.6 Å². The average Bonchev–Trinajstić information content (AvgIpc) is 2.71. The van der Waals surface area contributed by atoms with Crippen molar-refractivity contribution in [1.29, 1.82) is 0 Å². The van der Waals surface area contributed by atoms with E-state index in [4.69, 9.17) is 16.3 Å². The largest absolute Gasteiger partial charge is 0.436 e. The topological polar surface area (TPSA) is 71.5 Å². The van der Waals surface area contributed by atoms with Crippen LogP contribution in [0.4, 0.5) is 5.69 Å². The summed E-state index contributed by atoms with van der Waals surface area (Å²) in [6.45, 7) is 3.76. The van der Waals surface area contributed by atoms with Crippen LogP contribution < -0.4 is 15.0 Å². The predicted molar refractivity (Wildman–Crippen MR) is 95.3 cm³/mol. The lowest BCUT2D eigenvalue weighted by atomic mass is 10.2. The van der Waals surface area contributed by atoms with Crippen LogP contribution in [0.3, 0.4) is 0 Å². The first-order valence-corrected chi connectivity index (χ1v) is 8.41. The second-order valence-electron chi connectivity index (χ2n) is 5.84. The van der Waals surface area contributed by atoms with E-state index in [0.29, 0.717) is 22.0 Å². The van der Waals surface area contributed by atoms with Crippen LogP contribution in [0.1, 0.15) is 30.6 Å². The summed E-state index contributed by atoms with van der Waals surface area (Å²) in [5.74, 6) is 0.0248. The molecular weight excluding hydrogens is 342 g/mol. The van der Waals surface area contributed by atoms with E-state index in [0.717, 1.165) is 6.42 Å². The van der Waals surface area contributed by atoms with Crippen LogP contribution in [-0.4, -0.2) is 29.4 Å². The third kappa shape index (κ3) is 3.58. The maximum atomic E-state index is 13.0. The minimum absolute atomic E-state index is 0.0265. The predicted octanol–water partition coefficient (Wildman–Crippen LogP) is 3.40. The molecule has 0 bridgehead atoms. The highest BCUT2D eigenvalue weighted by molar-refractivity contribution is 6.31. The molecule has 1 aromatic carbocycles. The normalized spacial score (nSPS) is 14.0. The molecule has 0 spiro atoms. The highest BCUT2D eigenvalue weighted by Crippen LogP contribution is 2.39. The van der Waals surface area contributed by atoms with Gasteiger partial charge in [0.1, 0.15) is 12.1 Å². The number of rotatable bonds is 4. The van der Waals surface area contributed by atoms with Crippen molar-refractivity contribution in [1.82, 2.24) is 10.3 Å². The van der Waals surface area contributed by atoms with Gasteiger partial charge in [-0.3, -0.25) is 14.5 Å². The lowest BCUT2D eigenvalue weighted by Crippen LogP contribution is -2.43. The molecule has 1 aliphatic heterocycles. The number of aromatic nitrogens is 1. The number of anilines is 1. The zero-order chi connectivity index (χ0) is 18.0. The van der Waals surface area contributed by atoms with Crippen molar-refractivity contribution in [2.45, 2.75) is 26.3 Å². The third-order valence-corrected chi connectivity index (χ3v) is 4.22. The van der Waals surface area contributed by atoms with Gasteiger partial charge in [-0.1, -0.05) is 18.5 Å². The molecule has 0 fully saturated rings. The number of carbonyl (C=O) groups excluding carboxylic acids is 2. The van der Waals surface area contributed by atoms with E-state index in [1.807, 2.05) is 13.8 Å². The quantitative estimate of drug-likeness (QED) is 0.908. The standard InChI is InChI=1S/C18H18ClN3O3/c1-3-11(2)21-16(23)10-22-14-9-12(19)6-7-15(14)25-17-13(18(22)24)5-4-8-20-17/h4-9,11H,3,10H2,1-2H3,(H,21,23). The minimum Gasteiger partial charge on any atom is -0.436 e. The summed E-state index contributed by atoms with van der Waals surface area (Å²) in [7, 11) is 0. The molecule has 1 N–H and O–H groups in total. The fraction of sp³-hybridized carbons (Fsp3) is 0.278. The fourth-order valence-corrected chi connectivity index (χ4v) is 2.67. The zero-order valence-electron chi connectivity index (χ0n) is 14.0. The van der Waals surface area contributed by atoms with E-state index in [9.17, 15) is 9.59 Å². The van der Waals surface area contributed by atoms with Gasteiger partial charge in [-0.05, 0) is 43.7 Å². The number of ether oxygens (including phenoxy) is 1. The van der Waals surface area contributed by atoms with E-state index >= 15 is 0 Å². The summed E-state index contributed by atoms with van der Waals surface area (Å²) in [6, 6.07) is 8.23. The van der Waals surface area contributed by atoms with E-state index in [2.05, 4.69) is 10.3 Å². The summed E-state index contributed by atoms with van der Waals surface area (Å²) in [5, 5.41) is 3.31. The van der Waals surface area contributed by atoms with E-state index in [1.54, 1.807) is 36.5 Å². The number of halogens is 1. The molecule has 1 atom stereocenters. The lowest BCUT2D eigenvalue weighted by molar-refractivity contribution is -0.120. The molecule has 1 aromatic heterocycles. The van der Waals surface area contributed by atoms with Gasteiger partial charge in [0, 0.05) is 17.3 Å². The van der Waals surface area contributed by atoms with Crippen molar-refractivity contribution >= 4 is 29.1 Å². The van der Waals surface area contributed by atoms with Gasteiger partial charge >= 0.3 is 0 Å². The number of nitrogens with one attached hydrogen (secondary N) is 1. The number of hydrogen-bond donors (Lipinski definition) is 1. The first-order valence-electron chi connectivity index (χ1n) is 8.03. The van der Waals surface area contributed by atoms with Gasteiger partial charge in [-0.25, -0.2) is 4.98 Å². The number of nitrogens with zero attached hydrogens (tertiary/aromatic N) is 2. The van der Waals surface area contributed by atoms with Gasteiger partial charge < -0.3 is 10.1 Å². The third-order valence-electron chi connectivity index (χ3n) is 3.99. The molecule has 7 heteroatoms. The van der Waals surface area contributed by atoms with E-state index in [-0.39, 0.29) is 30.3 Å². The second-order valence-corrected chi connectivity index (χ2v) is 6.27. The Labute approximate surface area is 150 Å². The highest BCUT2D eigenvalue weighted by Gasteiger charge is 2.30. The smallest absolute Gasteiger partial charge is 0.264 e. The Hall–Kier alpha value is -2.60.